The van der Waals surface area contributed by atoms with E-state index in [0.717, 1.165) is 32.1 Å². The molecule has 1 saturated carbocycles. The molecule has 0 radical (unpaired) electrons. The molecule has 1 aliphatic rings. The fourth-order valence-electron chi connectivity index (χ4n) is 4.96. The first kappa shape index (κ1) is 28.9. The Balaban J connectivity index is 1.55. The maximum absolute atomic E-state index is 14.7. The highest BCUT2D eigenvalue weighted by atomic mass is 19.1. The topological polar surface area (TPSA) is 91.4 Å². The van der Waals surface area contributed by atoms with Gasteiger partial charge in [-0.15, -0.1) is 0 Å². The number of rotatable bonds is 11. The highest BCUT2D eigenvalue weighted by molar-refractivity contribution is 5.91. The van der Waals surface area contributed by atoms with E-state index in [2.05, 4.69) is 15.6 Å². The molecule has 2 aromatic carbocycles. The Labute approximate surface area is 233 Å². The quantitative estimate of drug-likeness (QED) is 0.322. The summed E-state index contributed by atoms with van der Waals surface area (Å²) in [7, 11) is 0. The Hall–Kier alpha value is -4.14. The lowest BCUT2D eigenvalue weighted by Crippen LogP contribution is -2.47. The molecule has 3 amide bonds. The van der Waals surface area contributed by atoms with Crippen molar-refractivity contribution in [2.45, 2.75) is 70.0 Å². The molecule has 1 atom stereocenters. The van der Waals surface area contributed by atoms with Crippen LogP contribution in [0.2, 0.25) is 0 Å². The number of nitrogens with one attached hydrogen (secondary N) is 2. The number of carbonyl (C=O) groups is 3. The van der Waals surface area contributed by atoms with Crippen LogP contribution in [-0.2, 0) is 20.9 Å². The predicted octanol–water partition coefficient (Wildman–Crippen LogP) is 5.69. The zero-order chi connectivity index (χ0) is 28.3. The van der Waals surface area contributed by atoms with E-state index in [-0.39, 0.29) is 43.3 Å². The van der Waals surface area contributed by atoms with E-state index in [1.807, 2.05) is 0 Å². The summed E-state index contributed by atoms with van der Waals surface area (Å²) in [6.45, 7) is -0.161. The van der Waals surface area contributed by atoms with Gasteiger partial charge in [-0.2, -0.15) is 0 Å². The van der Waals surface area contributed by atoms with E-state index >= 15 is 0 Å². The van der Waals surface area contributed by atoms with Gasteiger partial charge in [-0.25, -0.2) is 13.8 Å². The number of aromatic nitrogens is 1. The molecule has 1 aliphatic carbocycles. The van der Waals surface area contributed by atoms with Gasteiger partial charge in [0.15, 0.2) is 0 Å². The van der Waals surface area contributed by atoms with Crippen molar-refractivity contribution in [1.82, 2.24) is 15.2 Å². The molecular weight excluding hydrogens is 514 g/mol. The molecule has 40 heavy (non-hydrogen) atoms. The highest BCUT2D eigenvalue weighted by Crippen LogP contribution is 2.28. The second-order valence-electron chi connectivity index (χ2n) is 10.0. The minimum Gasteiger partial charge on any atom is -0.351 e. The van der Waals surface area contributed by atoms with Crippen LogP contribution < -0.4 is 10.6 Å². The number of hydrogen-bond acceptors (Lipinski definition) is 4. The minimum absolute atomic E-state index is 0.0232. The zero-order valence-corrected chi connectivity index (χ0v) is 22.3. The van der Waals surface area contributed by atoms with Gasteiger partial charge < -0.3 is 15.5 Å². The molecule has 0 aliphatic heterocycles. The van der Waals surface area contributed by atoms with Crippen molar-refractivity contribution < 1.29 is 23.2 Å². The number of nitrogens with zero attached hydrogens (tertiary/aromatic N) is 2. The third-order valence-corrected chi connectivity index (χ3v) is 7.04. The predicted molar refractivity (Wildman–Crippen MR) is 148 cm³/mol. The molecule has 3 aromatic rings. The van der Waals surface area contributed by atoms with Crippen molar-refractivity contribution in [2.24, 2.45) is 0 Å². The number of pyridine rings is 1. The average molecular weight is 549 g/mol. The molecule has 2 N–H and O–H groups in total. The zero-order valence-electron chi connectivity index (χ0n) is 22.3. The fourth-order valence-corrected chi connectivity index (χ4v) is 4.96. The molecule has 0 unspecified atom stereocenters. The number of amides is 3. The Bertz CT molecular complexity index is 1280. The lowest BCUT2D eigenvalue weighted by molar-refractivity contribution is -0.142. The number of hydrogen-bond donors (Lipinski definition) is 2. The highest BCUT2D eigenvalue weighted by Gasteiger charge is 2.33. The third kappa shape index (κ3) is 8.18. The summed E-state index contributed by atoms with van der Waals surface area (Å²) < 4.78 is 28.5. The van der Waals surface area contributed by atoms with Crippen LogP contribution >= 0.6 is 0 Å². The Morgan fingerprint density at radius 3 is 2.33 bits per heavy atom. The molecule has 4 rings (SSSR count). The van der Waals surface area contributed by atoms with Gasteiger partial charge in [0.2, 0.25) is 17.7 Å². The summed E-state index contributed by atoms with van der Waals surface area (Å²) in [5, 5.41) is 5.76. The van der Waals surface area contributed by atoms with Crippen molar-refractivity contribution in [3.8, 4) is 0 Å². The maximum Gasteiger partial charge on any atom is 0.247 e. The molecule has 7 nitrogen and oxygen atoms in total. The second kappa shape index (κ2) is 14.3. The van der Waals surface area contributed by atoms with Gasteiger partial charge in [0, 0.05) is 37.2 Å². The number of carbonyl (C=O) groups excluding carboxylic acids is 3. The summed E-state index contributed by atoms with van der Waals surface area (Å²) >= 11 is 0. The molecule has 9 heteroatoms. The Morgan fingerprint density at radius 1 is 0.900 bits per heavy atom. The van der Waals surface area contributed by atoms with Crippen LogP contribution in [0, 0.1) is 11.6 Å². The van der Waals surface area contributed by atoms with Crippen molar-refractivity contribution in [2.75, 3.05) is 5.32 Å². The first-order chi connectivity index (χ1) is 19.4. The second-order valence-corrected chi connectivity index (χ2v) is 10.0. The lowest BCUT2D eigenvalue weighted by atomic mass is 9.94. The van der Waals surface area contributed by atoms with Crippen molar-refractivity contribution >= 4 is 23.5 Å². The van der Waals surface area contributed by atoms with Gasteiger partial charge >= 0.3 is 0 Å². The van der Waals surface area contributed by atoms with Crippen LogP contribution in [-0.4, -0.2) is 33.6 Å². The van der Waals surface area contributed by atoms with Crippen molar-refractivity contribution in [3.05, 3.63) is 95.7 Å². The molecule has 1 fully saturated rings. The summed E-state index contributed by atoms with van der Waals surface area (Å²) in [5.41, 5.74) is 0.675. The first-order valence-corrected chi connectivity index (χ1v) is 13.7. The normalized spacial score (nSPS) is 14.2. The van der Waals surface area contributed by atoms with E-state index in [1.54, 1.807) is 42.6 Å². The number of anilines is 1. The van der Waals surface area contributed by atoms with Crippen molar-refractivity contribution in [3.63, 3.8) is 0 Å². The third-order valence-electron chi connectivity index (χ3n) is 7.04. The summed E-state index contributed by atoms with van der Waals surface area (Å²) in [6.07, 6.45) is 6.60. The van der Waals surface area contributed by atoms with Crippen molar-refractivity contribution in [1.29, 1.82) is 0 Å². The molecule has 0 spiro atoms. The van der Waals surface area contributed by atoms with Gasteiger partial charge in [-0.3, -0.25) is 14.4 Å². The molecular formula is C31H34F2N4O3. The van der Waals surface area contributed by atoms with E-state index in [0.29, 0.717) is 11.4 Å². The number of benzene rings is 2. The molecule has 1 aromatic heterocycles. The smallest absolute Gasteiger partial charge is 0.247 e. The van der Waals surface area contributed by atoms with E-state index in [1.165, 1.54) is 35.2 Å². The average Bonchev–Trinajstić information content (AvgIpc) is 2.95. The van der Waals surface area contributed by atoms with Gasteiger partial charge in [-0.1, -0.05) is 55.7 Å². The van der Waals surface area contributed by atoms with Crippen LogP contribution in [0.4, 0.5) is 14.6 Å². The summed E-state index contributed by atoms with van der Waals surface area (Å²) in [5.74, 6) is -1.66. The van der Waals surface area contributed by atoms with E-state index in [4.69, 9.17) is 0 Å². The largest absolute Gasteiger partial charge is 0.351 e. The fraction of sp³-hybridized carbons (Fsp3) is 0.355. The molecule has 1 heterocycles. The Kier molecular flexibility index (Phi) is 10.3. The van der Waals surface area contributed by atoms with Gasteiger partial charge in [0.25, 0.3) is 0 Å². The van der Waals surface area contributed by atoms with Gasteiger partial charge in [-0.05, 0) is 55.2 Å². The van der Waals surface area contributed by atoms with Crippen LogP contribution in [0.15, 0.2) is 72.9 Å². The monoisotopic (exact) mass is 548 g/mol. The Morgan fingerprint density at radius 2 is 1.62 bits per heavy atom. The van der Waals surface area contributed by atoms with Crippen LogP contribution in [0.1, 0.15) is 68.5 Å². The van der Waals surface area contributed by atoms with E-state index in [9.17, 15) is 23.2 Å². The SMILES string of the molecule is O=C(CCCC(=O)N(Cc1ccccc1F)[C@H](C(=O)NC1CCCCC1)c1ccc(F)cc1)Nc1ccccn1. The van der Waals surface area contributed by atoms with Crippen LogP contribution in [0.3, 0.4) is 0 Å². The molecule has 0 saturated heterocycles. The summed E-state index contributed by atoms with van der Waals surface area (Å²) in [4.78, 5) is 45.2. The summed E-state index contributed by atoms with van der Waals surface area (Å²) in [6, 6.07) is 15.5. The van der Waals surface area contributed by atoms with Gasteiger partial charge in [0.1, 0.15) is 23.5 Å². The van der Waals surface area contributed by atoms with E-state index < -0.39 is 29.5 Å². The minimum atomic E-state index is -1.10. The maximum atomic E-state index is 14.7. The van der Waals surface area contributed by atoms with Crippen LogP contribution in [0.25, 0.3) is 0 Å². The molecule has 210 valence electrons. The van der Waals surface area contributed by atoms with Crippen LogP contribution in [0.5, 0.6) is 0 Å². The van der Waals surface area contributed by atoms with Gasteiger partial charge in [0.05, 0.1) is 0 Å². The first-order valence-electron chi connectivity index (χ1n) is 13.7. The standard InChI is InChI=1S/C31H34F2N4O3/c32-24-18-16-22(17-19-24)30(31(40)35-25-10-2-1-3-11-25)37(21-23-9-4-5-12-26(23)33)29(39)15-8-14-28(38)36-27-13-6-7-20-34-27/h4-7,9,12-13,16-20,25,30H,1-3,8,10-11,14-15,21H2,(H,35,40)(H,34,36,38)/t30-/m0/s1. The molecule has 0 bridgehead atoms. The number of halogens is 2. The lowest BCUT2D eigenvalue weighted by Gasteiger charge is -2.33.